The molecule has 0 spiro atoms. The molecule has 69 valence electrons. The zero-order chi connectivity index (χ0) is 8.65. The van der Waals surface area contributed by atoms with E-state index in [-0.39, 0.29) is 0 Å². The average Bonchev–Trinajstić information content (AvgIpc) is 2.14. The summed E-state index contributed by atoms with van der Waals surface area (Å²) in [7, 11) is 0. The first-order valence-corrected chi connectivity index (χ1v) is 4.82. The first-order chi connectivity index (χ1) is 5.93. The second-order valence-corrected chi connectivity index (χ2v) is 3.27. The van der Waals surface area contributed by atoms with Crippen molar-refractivity contribution < 1.29 is 4.79 Å². The van der Waals surface area contributed by atoms with Gasteiger partial charge >= 0.3 is 6.41 Å². The Morgan fingerprint density at radius 1 is 1.00 bits per heavy atom. The van der Waals surface area contributed by atoms with Crippen molar-refractivity contribution in [2.24, 2.45) is 0 Å². The minimum Gasteiger partial charge on any atom is -0.270 e. The lowest BCUT2D eigenvalue weighted by molar-refractivity contribution is 0.272. The van der Waals surface area contributed by atoms with Gasteiger partial charge in [-0.3, -0.25) is 9.80 Å². The molecule has 1 aliphatic heterocycles. The van der Waals surface area contributed by atoms with Gasteiger partial charge in [0.05, 0.1) is 0 Å². The Kier molecular flexibility index (Phi) is 4.76. The fraction of sp³-hybridized carbons (Fsp3) is 0.889. The van der Waals surface area contributed by atoms with Crippen LogP contribution >= 0.6 is 0 Å². The molecule has 1 amide bonds. The second kappa shape index (κ2) is 6.00. The lowest BCUT2D eigenvalue weighted by Gasteiger charge is -2.18. The summed E-state index contributed by atoms with van der Waals surface area (Å²) < 4.78 is 0. The van der Waals surface area contributed by atoms with Crippen LogP contribution in [-0.2, 0) is 4.79 Å². The summed E-state index contributed by atoms with van der Waals surface area (Å²) in [6.45, 7) is 1.72. The van der Waals surface area contributed by atoms with Gasteiger partial charge in [0.2, 0.25) is 0 Å². The Hall–Kier alpha value is -0.570. The third-order valence-electron chi connectivity index (χ3n) is 2.22. The van der Waals surface area contributed by atoms with Crippen LogP contribution in [0.1, 0.15) is 38.5 Å². The maximum Gasteiger partial charge on any atom is 0.327 e. The van der Waals surface area contributed by atoms with Gasteiger partial charge in [-0.25, -0.2) is 5.43 Å². The molecule has 0 saturated carbocycles. The number of carbonyl (C=O) groups excluding carboxylic acids is 1. The molecule has 1 radical (unpaired) electrons. The fourth-order valence-corrected chi connectivity index (χ4v) is 1.47. The summed E-state index contributed by atoms with van der Waals surface area (Å²) in [6, 6.07) is 0. The van der Waals surface area contributed by atoms with E-state index in [9.17, 15) is 4.79 Å². The minimum atomic E-state index is 0.809. The molecule has 1 heterocycles. The van der Waals surface area contributed by atoms with Gasteiger partial charge < -0.3 is 0 Å². The van der Waals surface area contributed by atoms with Gasteiger partial charge in [0.15, 0.2) is 0 Å². The average molecular weight is 169 g/mol. The third-order valence-corrected chi connectivity index (χ3v) is 2.22. The lowest BCUT2D eigenvalue weighted by atomic mass is 10.1. The maximum absolute atomic E-state index is 10.4. The van der Waals surface area contributed by atoms with E-state index in [1.807, 2.05) is 6.41 Å². The van der Waals surface area contributed by atoms with E-state index in [1.165, 1.54) is 25.7 Å². The van der Waals surface area contributed by atoms with Gasteiger partial charge in [0, 0.05) is 13.1 Å². The van der Waals surface area contributed by atoms with Crippen LogP contribution in [0, 0.1) is 0 Å². The molecule has 1 aliphatic rings. The predicted octanol–water partition coefficient (Wildman–Crippen LogP) is 1.21. The number of hydrogen-bond acceptors (Lipinski definition) is 2. The van der Waals surface area contributed by atoms with Crippen molar-refractivity contribution in [2.45, 2.75) is 38.5 Å². The molecule has 1 saturated heterocycles. The molecule has 0 atom stereocenters. The smallest absolute Gasteiger partial charge is 0.270 e. The number of hydrogen-bond donors (Lipinski definition) is 1. The second-order valence-electron chi connectivity index (χ2n) is 3.27. The summed E-state index contributed by atoms with van der Waals surface area (Å²) in [5.41, 5.74) is 3.05. The Bertz CT molecular complexity index is 118. The predicted molar refractivity (Wildman–Crippen MR) is 48.1 cm³/mol. The summed E-state index contributed by atoms with van der Waals surface area (Å²) in [5.74, 6) is 0. The molecular formula is C9H17N2O. The topological polar surface area (TPSA) is 32.3 Å². The van der Waals surface area contributed by atoms with E-state index in [0.717, 1.165) is 25.9 Å². The first-order valence-electron chi connectivity index (χ1n) is 4.82. The molecule has 0 bridgehead atoms. The molecule has 1 N–H and O–H groups in total. The largest absolute Gasteiger partial charge is 0.327 e. The highest BCUT2D eigenvalue weighted by Gasteiger charge is 2.03. The van der Waals surface area contributed by atoms with Crippen LogP contribution in [0.3, 0.4) is 0 Å². The van der Waals surface area contributed by atoms with Crippen LogP contribution < -0.4 is 5.43 Å². The highest BCUT2D eigenvalue weighted by atomic mass is 16.1. The molecule has 3 heteroatoms. The molecule has 3 nitrogen and oxygen atoms in total. The molecule has 0 aromatic heterocycles. The fourth-order valence-electron chi connectivity index (χ4n) is 1.47. The Balaban J connectivity index is 2.21. The van der Waals surface area contributed by atoms with Gasteiger partial charge in [-0.2, -0.15) is 0 Å². The van der Waals surface area contributed by atoms with Crippen LogP contribution in [0.2, 0.25) is 0 Å². The summed E-state index contributed by atoms with van der Waals surface area (Å²) in [6.07, 6.45) is 9.32. The quantitative estimate of drug-likeness (QED) is 0.640. The van der Waals surface area contributed by atoms with Crippen LogP contribution in [0.15, 0.2) is 0 Å². The number of amides is 1. The Morgan fingerprint density at radius 2 is 1.67 bits per heavy atom. The Labute approximate surface area is 74.1 Å². The van der Waals surface area contributed by atoms with Crippen molar-refractivity contribution in [3.63, 3.8) is 0 Å². The van der Waals surface area contributed by atoms with Crippen molar-refractivity contribution in [1.29, 1.82) is 0 Å². The van der Waals surface area contributed by atoms with Crippen molar-refractivity contribution in [1.82, 2.24) is 10.4 Å². The van der Waals surface area contributed by atoms with E-state index >= 15 is 0 Å². The molecular weight excluding hydrogens is 152 g/mol. The standard InChI is InChI=1S/C9H17N2O/c12-9-11-8-6-4-2-1-3-5-7-10-11/h10H,1-8H2. The monoisotopic (exact) mass is 169 g/mol. The molecule has 0 aliphatic carbocycles. The van der Waals surface area contributed by atoms with Crippen molar-refractivity contribution in [3.05, 3.63) is 0 Å². The van der Waals surface area contributed by atoms with Crippen LogP contribution in [0.4, 0.5) is 0 Å². The van der Waals surface area contributed by atoms with Crippen molar-refractivity contribution >= 4 is 6.41 Å². The lowest BCUT2D eigenvalue weighted by Crippen LogP contribution is -2.38. The number of rotatable bonds is 1. The van der Waals surface area contributed by atoms with Gasteiger partial charge in [-0.05, 0) is 12.8 Å². The zero-order valence-corrected chi connectivity index (χ0v) is 7.51. The molecule has 1 rings (SSSR count). The van der Waals surface area contributed by atoms with Crippen LogP contribution in [-0.4, -0.2) is 24.5 Å². The van der Waals surface area contributed by atoms with E-state index in [1.54, 1.807) is 5.01 Å². The number of nitrogens with one attached hydrogen (secondary N) is 1. The number of hydrazine groups is 1. The van der Waals surface area contributed by atoms with Gasteiger partial charge in [0.25, 0.3) is 0 Å². The molecule has 0 aromatic rings. The Morgan fingerprint density at radius 3 is 2.42 bits per heavy atom. The number of nitrogens with zero attached hydrogens (tertiary/aromatic N) is 1. The molecule has 0 aromatic carbocycles. The van der Waals surface area contributed by atoms with Crippen molar-refractivity contribution in [3.8, 4) is 0 Å². The van der Waals surface area contributed by atoms with E-state index in [0.29, 0.717) is 0 Å². The first kappa shape index (κ1) is 9.52. The van der Waals surface area contributed by atoms with Gasteiger partial charge in [-0.1, -0.05) is 25.7 Å². The SMILES string of the molecule is O=[C]N1CCCCCCCCN1. The highest BCUT2D eigenvalue weighted by molar-refractivity contribution is 5.46. The third kappa shape index (κ3) is 3.72. The van der Waals surface area contributed by atoms with E-state index < -0.39 is 0 Å². The zero-order valence-electron chi connectivity index (χ0n) is 7.51. The van der Waals surface area contributed by atoms with Crippen molar-refractivity contribution in [2.75, 3.05) is 13.1 Å². The molecule has 0 unspecified atom stereocenters. The van der Waals surface area contributed by atoms with E-state index in [4.69, 9.17) is 0 Å². The van der Waals surface area contributed by atoms with Crippen LogP contribution in [0.25, 0.3) is 0 Å². The van der Waals surface area contributed by atoms with Gasteiger partial charge in [-0.15, -0.1) is 0 Å². The van der Waals surface area contributed by atoms with Gasteiger partial charge in [0.1, 0.15) is 0 Å². The summed E-state index contributed by atoms with van der Waals surface area (Å²) >= 11 is 0. The maximum atomic E-state index is 10.4. The summed E-state index contributed by atoms with van der Waals surface area (Å²) in [5, 5.41) is 1.55. The molecule has 12 heavy (non-hydrogen) atoms. The summed E-state index contributed by atoms with van der Waals surface area (Å²) in [4.78, 5) is 10.4. The van der Waals surface area contributed by atoms with Crippen LogP contribution in [0.5, 0.6) is 0 Å². The minimum absolute atomic E-state index is 0.809. The van der Waals surface area contributed by atoms with E-state index in [2.05, 4.69) is 5.43 Å². The molecule has 1 fully saturated rings. The highest BCUT2D eigenvalue weighted by Crippen LogP contribution is 2.06. The normalized spacial score (nSPS) is 21.8.